The van der Waals surface area contributed by atoms with Crippen LogP contribution in [0.25, 0.3) is 0 Å². The van der Waals surface area contributed by atoms with Crippen molar-refractivity contribution >= 4 is 0 Å². The van der Waals surface area contributed by atoms with Crippen LogP contribution in [0.5, 0.6) is 0 Å². The number of rotatable bonds is 2. The van der Waals surface area contributed by atoms with E-state index in [4.69, 9.17) is 0 Å². The number of hydrogen-bond acceptors (Lipinski definition) is 1. The van der Waals surface area contributed by atoms with Gasteiger partial charge in [0.25, 0.3) is 0 Å². The monoisotopic (exact) mass is 271 g/mol. The molecule has 0 heterocycles. The minimum atomic E-state index is -4.24. The van der Waals surface area contributed by atoms with Crippen molar-refractivity contribution < 1.29 is 13.2 Å². The molecule has 1 fully saturated rings. The zero-order valence-electron chi connectivity index (χ0n) is 11.4. The lowest BCUT2D eigenvalue weighted by atomic mass is 9.81. The van der Waals surface area contributed by atoms with Crippen molar-refractivity contribution in [1.29, 1.82) is 0 Å². The van der Waals surface area contributed by atoms with Gasteiger partial charge < -0.3 is 4.90 Å². The summed E-state index contributed by atoms with van der Waals surface area (Å²) in [6.45, 7) is 0. The van der Waals surface area contributed by atoms with Gasteiger partial charge in [-0.25, -0.2) is 0 Å². The van der Waals surface area contributed by atoms with Gasteiger partial charge in [-0.05, 0) is 57.3 Å². The Kier molecular flexibility index (Phi) is 4.19. The number of alkyl halides is 3. The van der Waals surface area contributed by atoms with Crippen LogP contribution in [0, 0.1) is 0 Å². The molecule has 1 aromatic rings. The van der Waals surface area contributed by atoms with Gasteiger partial charge in [-0.1, -0.05) is 18.2 Å². The standard InChI is InChI=1S/C15H20F3N/c1-19(2)14-8-6-11(7-9-14)12-4-3-5-13(10-12)15(16,17)18/h3-5,10-11,14H,6-9H2,1-2H3/t11-,14+. The summed E-state index contributed by atoms with van der Waals surface area (Å²) in [6, 6.07) is 6.39. The van der Waals surface area contributed by atoms with Gasteiger partial charge in [0.05, 0.1) is 5.56 Å². The zero-order chi connectivity index (χ0) is 14.0. The minimum Gasteiger partial charge on any atom is -0.306 e. The third-order valence-electron chi connectivity index (χ3n) is 4.11. The van der Waals surface area contributed by atoms with E-state index in [0.717, 1.165) is 37.3 Å². The van der Waals surface area contributed by atoms with Crippen LogP contribution in [0.2, 0.25) is 0 Å². The van der Waals surface area contributed by atoms with Crippen LogP contribution >= 0.6 is 0 Å². The third-order valence-corrected chi connectivity index (χ3v) is 4.11. The van der Waals surface area contributed by atoms with Crippen LogP contribution in [-0.4, -0.2) is 25.0 Å². The molecule has 0 aromatic heterocycles. The summed E-state index contributed by atoms with van der Waals surface area (Å²) in [7, 11) is 4.13. The molecule has 1 aliphatic carbocycles. The maximum atomic E-state index is 12.7. The number of hydrogen-bond donors (Lipinski definition) is 0. The van der Waals surface area contributed by atoms with Crippen molar-refractivity contribution in [1.82, 2.24) is 4.90 Å². The van der Waals surface area contributed by atoms with Gasteiger partial charge in [-0.3, -0.25) is 0 Å². The fourth-order valence-corrected chi connectivity index (χ4v) is 2.89. The molecule has 19 heavy (non-hydrogen) atoms. The van der Waals surface area contributed by atoms with Crippen LogP contribution in [0.3, 0.4) is 0 Å². The van der Waals surface area contributed by atoms with Crippen molar-refractivity contribution in [2.24, 2.45) is 0 Å². The Hall–Kier alpha value is -1.03. The zero-order valence-corrected chi connectivity index (χ0v) is 11.4. The molecule has 0 saturated heterocycles. The van der Waals surface area contributed by atoms with Gasteiger partial charge in [0.2, 0.25) is 0 Å². The van der Waals surface area contributed by atoms with Crippen molar-refractivity contribution in [2.75, 3.05) is 14.1 Å². The Labute approximate surface area is 112 Å². The van der Waals surface area contributed by atoms with Crippen molar-refractivity contribution in [3.8, 4) is 0 Å². The molecule has 1 aromatic carbocycles. The van der Waals surface area contributed by atoms with Gasteiger partial charge in [0.1, 0.15) is 0 Å². The summed E-state index contributed by atoms with van der Waals surface area (Å²) in [4.78, 5) is 2.21. The van der Waals surface area contributed by atoms with Crippen LogP contribution in [0.4, 0.5) is 13.2 Å². The Bertz CT molecular complexity index is 418. The van der Waals surface area contributed by atoms with E-state index < -0.39 is 11.7 Å². The first-order valence-corrected chi connectivity index (χ1v) is 6.71. The van der Waals surface area contributed by atoms with E-state index in [9.17, 15) is 13.2 Å². The first-order chi connectivity index (χ1) is 8.88. The Balaban J connectivity index is 2.08. The Morgan fingerprint density at radius 3 is 2.21 bits per heavy atom. The lowest BCUT2D eigenvalue weighted by molar-refractivity contribution is -0.137. The highest BCUT2D eigenvalue weighted by molar-refractivity contribution is 5.28. The van der Waals surface area contributed by atoms with E-state index in [-0.39, 0.29) is 5.92 Å². The Morgan fingerprint density at radius 2 is 1.68 bits per heavy atom. The Morgan fingerprint density at radius 1 is 1.05 bits per heavy atom. The van der Waals surface area contributed by atoms with E-state index in [2.05, 4.69) is 19.0 Å². The van der Waals surface area contributed by atoms with Gasteiger partial charge in [0, 0.05) is 6.04 Å². The molecule has 0 amide bonds. The average molecular weight is 271 g/mol. The molecule has 0 N–H and O–H groups in total. The normalized spacial score (nSPS) is 24.7. The molecule has 0 radical (unpaired) electrons. The van der Waals surface area contributed by atoms with Crippen LogP contribution in [0.15, 0.2) is 24.3 Å². The summed E-state index contributed by atoms with van der Waals surface area (Å²) in [5.74, 6) is 0.276. The first kappa shape index (κ1) is 14.4. The molecular weight excluding hydrogens is 251 g/mol. The second-order valence-corrected chi connectivity index (χ2v) is 5.59. The predicted octanol–water partition coefficient (Wildman–Crippen LogP) is 4.29. The van der Waals surface area contributed by atoms with E-state index in [1.807, 2.05) is 6.07 Å². The topological polar surface area (TPSA) is 3.24 Å². The van der Waals surface area contributed by atoms with Crippen molar-refractivity contribution in [3.05, 3.63) is 35.4 Å². The molecule has 0 atom stereocenters. The molecule has 0 spiro atoms. The van der Waals surface area contributed by atoms with Gasteiger partial charge in [-0.15, -0.1) is 0 Å². The number of benzene rings is 1. The van der Waals surface area contributed by atoms with E-state index in [0.29, 0.717) is 6.04 Å². The smallest absolute Gasteiger partial charge is 0.306 e. The molecule has 0 aliphatic heterocycles. The summed E-state index contributed by atoms with van der Waals surface area (Å²) in [5.41, 5.74) is 0.312. The second-order valence-electron chi connectivity index (χ2n) is 5.59. The molecule has 1 nitrogen and oxygen atoms in total. The highest BCUT2D eigenvalue weighted by atomic mass is 19.4. The molecule has 1 aliphatic rings. The van der Waals surface area contributed by atoms with E-state index >= 15 is 0 Å². The summed E-state index contributed by atoms with van der Waals surface area (Å²) >= 11 is 0. The van der Waals surface area contributed by atoms with Gasteiger partial charge >= 0.3 is 6.18 Å². The van der Waals surface area contributed by atoms with E-state index in [1.54, 1.807) is 0 Å². The molecule has 106 valence electrons. The summed E-state index contributed by atoms with van der Waals surface area (Å²) < 4.78 is 38.1. The predicted molar refractivity (Wildman–Crippen MR) is 70.1 cm³/mol. The quantitative estimate of drug-likeness (QED) is 0.775. The lowest BCUT2D eigenvalue weighted by Crippen LogP contribution is -2.31. The van der Waals surface area contributed by atoms with E-state index in [1.165, 1.54) is 12.1 Å². The van der Waals surface area contributed by atoms with Crippen LogP contribution in [-0.2, 0) is 6.18 Å². The molecule has 0 bridgehead atoms. The molecular formula is C15H20F3N. The highest BCUT2D eigenvalue weighted by Crippen LogP contribution is 2.37. The minimum absolute atomic E-state index is 0.276. The highest BCUT2D eigenvalue weighted by Gasteiger charge is 2.31. The molecule has 1 saturated carbocycles. The SMILES string of the molecule is CN(C)[C@H]1CC[C@@H](c2cccc(C(F)(F)F)c2)CC1. The molecule has 4 heteroatoms. The molecule has 2 rings (SSSR count). The average Bonchev–Trinajstić information content (AvgIpc) is 2.38. The van der Waals surface area contributed by atoms with Gasteiger partial charge in [-0.2, -0.15) is 13.2 Å². The maximum Gasteiger partial charge on any atom is 0.416 e. The van der Waals surface area contributed by atoms with Gasteiger partial charge in [0.15, 0.2) is 0 Å². The van der Waals surface area contributed by atoms with Crippen molar-refractivity contribution in [3.63, 3.8) is 0 Å². The molecule has 0 unspecified atom stereocenters. The number of nitrogens with zero attached hydrogens (tertiary/aromatic N) is 1. The lowest BCUT2D eigenvalue weighted by Gasteiger charge is -2.33. The second kappa shape index (κ2) is 5.53. The summed E-state index contributed by atoms with van der Waals surface area (Å²) in [5, 5.41) is 0. The van der Waals surface area contributed by atoms with Crippen molar-refractivity contribution in [2.45, 2.75) is 43.8 Å². The number of halogens is 3. The maximum absolute atomic E-state index is 12.7. The van der Waals surface area contributed by atoms with Crippen LogP contribution in [0.1, 0.15) is 42.7 Å². The fraction of sp³-hybridized carbons (Fsp3) is 0.600. The largest absolute Gasteiger partial charge is 0.416 e. The fourth-order valence-electron chi connectivity index (χ4n) is 2.89. The van der Waals surface area contributed by atoms with Crippen LogP contribution < -0.4 is 0 Å². The summed E-state index contributed by atoms with van der Waals surface area (Å²) in [6.07, 6.45) is -0.160. The third kappa shape index (κ3) is 3.50. The first-order valence-electron chi connectivity index (χ1n) is 6.71.